The van der Waals surface area contributed by atoms with Gasteiger partial charge in [-0.25, -0.2) is 14.3 Å². The van der Waals surface area contributed by atoms with Gasteiger partial charge in [-0.15, -0.1) is 0 Å². The molecule has 0 radical (unpaired) electrons. The van der Waals surface area contributed by atoms with Gasteiger partial charge in [-0.1, -0.05) is 24.3 Å². The molecular formula is C26H28N2O4. The van der Waals surface area contributed by atoms with Crippen LogP contribution >= 0.6 is 0 Å². The number of benzene rings is 2. The van der Waals surface area contributed by atoms with Gasteiger partial charge in [0.2, 0.25) is 0 Å². The summed E-state index contributed by atoms with van der Waals surface area (Å²) in [6.45, 7) is 9.29. The molecule has 6 nitrogen and oxygen atoms in total. The Kier molecular flexibility index (Phi) is 5.65. The van der Waals surface area contributed by atoms with Crippen LogP contribution < -0.4 is 4.74 Å². The number of para-hydroxylation sites is 1. The summed E-state index contributed by atoms with van der Waals surface area (Å²) in [6, 6.07) is 17.4. The number of pyridine rings is 1. The van der Waals surface area contributed by atoms with E-state index in [0.29, 0.717) is 29.1 Å². The molecule has 0 aliphatic carbocycles. The summed E-state index contributed by atoms with van der Waals surface area (Å²) in [4.78, 5) is 17.5. The topological polar surface area (TPSA) is 73.6 Å². The van der Waals surface area contributed by atoms with Crippen molar-refractivity contribution in [3.05, 3.63) is 71.5 Å². The molecule has 0 aliphatic rings. The first kappa shape index (κ1) is 21.8. The lowest BCUT2D eigenvalue weighted by Crippen LogP contribution is -2.27. The van der Waals surface area contributed by atoms with E-state index in [4.69, 9.17) is 9.47 Å². The van der Waals surface area contributed by atoms with E-state index in [1.54, 1.807) is 6.92 Å². The fraction of sp³-hybridized carbons (Fsp3) is 0.308. The molecule has 0 saturated heterocycles. The average Bonchev–Trinajstić information content (AvgIpc) is 3.02. The molecule has 1 unspecified atom stereocenters. The summed E-state index contributed by atoms with van der Waals surface area (Å²) in [7, 11) is 0. The number of aliphatic hydroxyl groups excluding tert-OH is 1. The number of aliphatic hydroxyl groups is 1. The first-order valence-corrected chi connectivity index (χ1v) is 10.7. The van der Waals surface area contributed by atoms with Gasteiger partial charge in [0.15, 0.2) is 0 Å². The summed E-state index contributed by atoms with van der Waals surface area (Å²) in [5.74, 6) is 0.635. The lowest BCUT2D eigenvalue weighted by Gasteiger charge is -2.20. The predicted octanol–water partition coefficient (Wildman–Crippen LogP) is 5.91. The average molecular weight is 433 g/mol. The van der Waals surface area contributed by atoms with E-state index in [-0.39, 0.29) is 0 Å². The number of carbonyl (C=O) groups is 1. The van der Waals surface area contributed by atoms with Gasteiger partial charge >= 0.3 is 6.09 Å². The standard InChI is InChI=1S/C26H28N2O4/c1-16-24(17(2)29)21-14-20(12-13-23(21)28(16)25(30)32-26(3,4)5)31-15-19-11-10-18-8-6-7-9-22(18)27-19/h6-14,17,29H,15H2,1-5H3. The van der Waals surface area contributed by atoms with Gasteiger partial charge in [0, 0.05) is 22.0 Å². The van der Waals surface area contributed by atoms with Crippen LogP contribution in [0.4, 0.5) is 4.79 Å². The van der Waals surface area contributed by atoms with Crippen molar-refractivity contribution in [3.63, 3.8) is 0 Å². The molecule has 0 amide bonds. The zero-order valence-electron chi connectivity index (χ0n) is 19.0. The zero-order valence-corrected chi connectivity index (χ0v) is 19.0. The van der Waals surface area contributed by atoms with Crippen LogP contribution in [0.15, 0.2) is 54.6 Å². The minimum absolute atomic E-state index is 0.312. The van der Waals surface area contributed by atoms with E-state index >= 15 is 0 Å². The molecule has 0 saturated carbocycles. The van der Waals surface area contributed by atoms with Gasteiger partial charge in [-0.2, -0.15) is 0 Å². The molecular weight excluding hydrogens is 404 g/mol. The molecule has 166 valence electrons. The van der Waals surface area contributed by atoms with Crippen LogP contribution in [0, 0.1) is 6.92 Å². The van der Waals surface area contributed by atoms with Crippen molar-refractivity contribution < 1.29 is 19.4 Å². The van der Waals surface area contributed by atoms with Gasteiger partial charge in [-0.05, 0) is 65.0 Å². The van der Waals surface area contributed by atoms with Crippen molar-refractivity contribution in [3.8, 4) is 5.75 Å². The molecule has 0 aliphatic heterocycles. The van der Waals surface area contributed by atoms with Crippen LogP contribution in [0.25, 0.3) is 21.8 Å². The molecule has 2 aromatic carbocycles. The molecule has 1 atom stereocenters. The molecule has 0 fully saturated rings. The number of nitrogens with zero attached hydrogens (tertiary/aromatic N) is 2. The molecule has 1 N–H and O–H groups in total. The van der Waals surface area contributed by atoms with Crippen molar-refractivity contribution in [1.82, 2.24) is 9.55 Å². The first-order chi connectivity index (χ1) is 15.1. The minimum atomic E-state index is -0.751. The van der Waals surface area contributed by atoms with E-state index in [2.05, 4.69) is 4.98 Å². The highest BCUT2D eigenvalue weighted by Gasteiger charge is 2.25. The third-order valence-corrected chi connectivity index (χ3v) is 5.26. The minimum Gasteiger partial charge on any atom is -0.487 e. The number of hydrogen-bond acceptors (Lipinski definition) is 5. The van der Waals surface area contributed by atoms with Crippen LogP contribution in [0.5, 0.6) is 5.75 Å². The van der Waals surface area contributed by atoms with Crippen molar-refractivity contribution in [1.29, 1.82) is 0 Å². The molecule has 4 rings (SSSR count). The molecule has 4 aromatic rings. The summed E-state index contributed by atoms with van der Waals surface area (Å²) in [5.41, 5.74) is 3.12. The maximum absolute atomic E-state index is 12.9. The second kappa shape index (κ2) is 8.28. The Labute approximate surface area is 187 Å². The van der Waals surface area contributed by atoms with Crippen LogP contribution in [0.1, 0.15) is 50.8 Å². The number of aromatic nitrogens is 2. The Morgan fingerprint density at radius 2 is 1.88 bits per heavy atom. The monoisotopic (exact) mass is 432 g/mol. The third kappa shape index (κ3) is 4.32. The van der Waals surface area contributed by atoms with Gasteiger partial charge < -0.3 is 14.6 Å². The number of fused-ring (bicyclic) bond motifs is 2. The van der Waals surface area contributed by atoms with E-state index in [1.165, 1.54) is 4.57 Å². The van der Waals surface area contributed by atoms with Crippen LogP contribution in [-0.2, 0) is 11.3 Å². The Bertz CT molecular complexity index is 1300. The summed E-state index contributed by atoms with van der Waals surface area (Å²) in [5, 5.41) is 12.3. The fourth-order valence-corrected chi connectivity index (χ4v) is 3.93. The second-order valence-corrected chi connectivity index (χ2v) is 8.95. The normalized spacial score (nSPS) is 12.8. The molecule has 6 heteroatoms. The summed E-state index contributed by atoms with van der Waals surface area (Å²) in [6.07, 6.45) is -1.22. The van der Waals surface area contributed by atoms with Crippen molar-refractivity contribution in [2.24, 2.45) is 0 Å². The Balaban J connectivity index is 1.66. The quantitative estimate of drug-likeness (QED) is 0.434. The molecule has 0 bridgehead atoms. The lowest BCUT2D eigenvalue weighted by atomic mass is 10.1. The van der Waals surface area contributed by atoms with Crippen LogP contribution in [0.2, 0.25) is 0 Å². The largest absolute Gasteiger partial charge is 0.487 e. The summed E-state index contributed by atoms with van der Waals surface area (Å²) < 4.78 is 13.1. The SMILES string of the molecule is Cc1c(C(C)O)c2cc(OCc3ccc4ccccc4n3)ccc2n1C(=O)OC(C)(C)C. The van der Waals surface area contributed by atoms with Crippen molar-refractivity contribution in [2.45, 2.75) is 52.9 Å². The van der Waals surface area contributed by atoms with Crippen LogP contribution in [-0.4, -0.2) is 26.4 Å². The highest BCUT2D eigenvalue weighted by atomic mass is 16.6. The molecule has 32 heavy (non-hydrogen) atoms. The molecule has 0 spiro atoms. The number of ether oxygens (including phenoxy) is 2. The number of hydrogen-bond donors (Lipinski definition) is 1. The number of rotatable bonds is 4. The first-order valence-electron chi connectivity index (χ1n) is 10.7. The van der Waals surface area contributed by atoms with Crippen molar-refractivity contribution >= 4 is 27.9 Å². The Morgan fingerprint density at radius 3 is 2.59 bits per heavy atom. The van der Waals surface area contributed by atoms with Gasteiger partial charge in [0.05, 0.1) is 22.8 Å². The maximum atomic E-state index is 12.9. The highest BCUT2D eigenvalue weighted by Crippen LogP contribution is 2.34. The van der Waals surface area contributed by atoms with Crippen molar-refractivity contribution in [2.75, 3.05) is 0 Å². The van der Waals surface area contributed by atoms with Gasteiger partial charge in [0.25, 0.3) is 0 Å². The van der Waals surface area contributed by atoms with E-state index in [1.807, 2.05) is 82.3 Å². The third-order valence-electron chi connectivity index (χ3n) is 5.26. The van der Waals surface area contributed by atoms with Gasteiger partial charge in [0.1, 0.15) is 18.0 Å². The zero-order chi connectivity index (χ0) is 23.0. The van der Waals surface area contributed by atoms with E-state index in [0.717, 1.165) is 22.0 Å². The van der Waals surface area contributed by atoms with Crippen LogP contribution in [0.3, 0.4) is 0 Å². The van der Waals surface area contributed by atoms with E-state index < -0.39 is 17.8 Å². The Hall–Kier alpha value is -3.38. The second-order valence-electron chi connectivity index (χ2n) is 8.95. The maximum Gasteiger partial charge on any atom is 0.419 e. The predicted molar refractivity (Wildman–Crippen MR) is 125 cm³/mol. The smallest absolute Gasteiger partial charge is 0.419 e. The fourth-order valence-electron chi connectivity index (χ4n) is 3.93. The highest BCUT2D eigenvalue weighted by molar-refractivity contribution is 5.94. The summed E-state index contributed by atoms with van der Waals surface area (Å²) >= 11 is 0. The van der Waals surface area contributed by atoms with E-state index in [9.17, 15) is 9.90 Å². The Morgan fingerprint density at radius 1 is 1.12 bits per heavy atom. The number of carbonyl (C=O) groups excluding carboxylic acids is 1. The molecule has 2 heterocycles. The molecule has 2 aromatic heterocycles. The van der Waals surface area contributed by atoms with Gasteiger partial charge in [-0.3, -0.25) is 0 Å². The lowest BCUT2D eigenvalue weighted by molar-refractivity contribution is 0.0541.